The van der Waals surface area contributed by atoms with Crippen LogP contribution in [0.3, 0.4) is 0 Å². The van der Waals surface area contributed by atoms with Crippen molar-refractivity contribution in [1.82, 2.24) is 68.3 Å². The Morgan fingerprint density at radius 1 is 0.674 bits per heavy atom. The number of aromatic hydroxyl groups is 1. The number of rotatable bonds is 30. The van der Waals surface area contributed by atoms with E-state index in [1.54, 1.807) is 83.0 Å². The second-order valence-corrected chi connectivity index (χ2v) is 44.5. The number of ether oxygens (including phenoxy) is 2. The minimum Gasteiger partial charge on any atom is -0.508 e. The number of fused-ring (bicyclic) bond motifs is 7. The number of esters is 1. The molecule has 9 aliphatic rings. The lowest BCUT2D eigenvalue weighted by Gasteiger charge is -2.58. The Morgan fingerprint density at radius 2 is 1.37 bits per heavy atom. The van der Waals surface area contributed by atoms with Gasteiger partial charge in [-0.25, -0.2) is 9.36 Å². The lowest BCUT2D eigenvalue weighted by molar-refractivity contribution is -0.671. The lowest BCUT2D eigenvalue weighted by atomic mass is 9.47. The molecule has 4 aromatic rings. The van der Waals surface area contributed by atoms with Crippen LogP contribution >= 0.6 is 21.6 Å². The topological polar surface area (TPSA) is 424 Å². The monoisotopic (exact) mass is 1940 g/mol. The second kappa shape index (κ2) is 47.0. The smallest absolute Gasteiger partial charge is 0.407 e. The Labute approximate surface area is 822 Å². The fourth-order valence-corrected chi connectivity index (χ4v) is 25.1. The fourth-order valence-electron chi connectivity index (χ4n) is 22.8. The minimum atomic E-state index is -1.75. The van der Waals surface area contributed by atoms with Crippen LogP contribution in [0.4, 0.5) is 4.79 Å². The number of pyridine rings is 1. The van der Waals surface area contributed by atoms with E-state index in [0.29, 0.717) is 95.9 Å². The molecule has 4 aliphatic heterocycles. The van der Waals surface area contributed by atoms with E-state index < -0.39 is 168 Å². The third kappa shape index (κ3) is 26.5. The molecule has 6 fully saturated rings. The van der Waals surface area contributed by atoms with Gasteiger partial charge in [0.05, 0.1) is 12.1 Å². The van der Waals surface area contributed by atoms with E-state index in [2.05, 4.69) is 99.2 Å². The Kier molecular flexibility index (Phi) is 35.6. The van der Waals surface area contributed by atoms with Crippen molar-refractivity contribution < 1.29 is 89.4 Å². The number of unbranched alkanes of at least 4 members (excludes halogenated alkanes) is 1. The first-order chi connectivity index (χ1) is 65.8. The molecular formula is C105H149N14O17S2+. The summed E-state index contributed by atoms with van der Waals surface area (Å²) in [6.07, 6.45) is 25.6. The van der Waals surface area contributed by atoms with Gasteiger partial charge in [-0.2, -0.15) is 0 Å². The number of carbonyl (C=O) groups is 13. The molecule has 13 N–H and O–H groups in total. The van der Waals surface area contributed by atoms with Crippen molar-refractivity contribution in [2.24, 2.45) is 65.2 Å². The van der Waals surface area contributed by atoms with Gasteiger partial charge in [0.15, 0.2) is 12.4 Å². The minimum absolute atomic E-state index is 0. The number of phenols is 1. The number of phenolic OH excluding ortho intramolecular Hbond substituents is 1. The Balaban J connectivity index is 0.00000937. The molecule has 5 aliphatic carbocycles. The molecule has 0 spiro atoms. The standard InChI is InChI=1S/C105H144N14O17S2.2H2/c1-61(2)23-19-24-63(5)76-41-42-77-75-40-37-71-55-73(43-45-104(71,10)78(75)44-46-105(76,77)11)135-88(122)57-108-98(130)90(64(6)120)116-96(128)85-60-138-137-59-84(113-93(125)82(53-66-33-36-67-25-13-14-26-68(67)51-66)112-97(129)86-31-21-49-118(86)101(133)87-32-22-50-119(87)100(132)69-27-20-48-117(12)58-69)95(127)110-81(52-65-34-38-72(121)39-35-65)92(124)111-83(54-70-56-107-79-29-16-15-28-74(70)79)94(126)109-80(91(123)115-89(62(3)4)99(131)114-85)30-17-18-47-106-102(134)136-103(7,8)9;;/h13-16,20,25-29,33-39,48,51,56,58,61-64,73-87,89-90,107,120H,17-19,21-24,30-32,40-47,49-50,52-55,57,59-60H2,1-12H3,(H10-,106,108,109,110,111,112,113,114,115,116,121,123,124,125,126,127,128,129,130,131,134);2*1H/p+1/i;2*1+1. The van der Waals surface area contributed by atoms with Gasteiger partial charge in [0.2, 0.25) is 59.1 Å². The molecule has 21 atom stereocenters. The van der Waals surface area contributed by atoms with Crippen LogP contribution in [0.15, 0.2) is 139 Å². The molecule has 138 heavy (non-hydrogen) atoms. The zero-order chi connectivity index (χ0) is 99.0. The van der Waals surface area contributed by atoms with Crippen LogP contribution in [-0.4, -0.2) is 219 Å². The number of aliphatic hydroxyl groups excluding tert-OH is 1. The third-order valence-electron chi connectivity index (χ3n) is 30.1. The number of aliphatic hydroxyl groups is 1. The number of nitrogens with one attached hydrogen (secondary N) is 11. The van der Waals surface area contributed by atoms with Gasteiger partial charge in [0.1, 0.15) is 97.0 Å². The van der Waals surface area contributed by atoms with E-state index in [-0.39, 0.29) is 95.7 Å². The number of carbonyl (C=O) groups excluding carboxylic acids is 13. The summed E-state index contributed by atoms with van der Waals surface area (Å²) >= 11 is 0. The first-order valence-electron chi connectivity index (χ1n) is 49.9. The number of aromatic nitrogens is 1. The summed E-state index contributed by atoms with van der Waals surface area (Å²) in [6.45, 7) is 21.8. The van der Waals surface area contributed by atoms with E-state index in [4.69, 9.17) is 9.47 Å². The average molecular weight is 1950 g/mol. The highest BCUT2D eigenvalue weighted by Crippen LogP contribution is 2.67. The molecule has 5 heterocycles. The molecule has 0 radical (unpaired) electrons. The van der Waals surface area contributed by atoms with Gasteiger partial charge in [-0.3, -0.25) is 57.5 Å². The summed E-state index contributed by atoms with van der Waals surface area (Å²) in [5.74, 6) is -7.51. The zero-order valence-corrected chi connectivity index (χ0v) is 83.6. The molecule has 752 valence electrons. The molecule has 0 bridgehead atoms. The molecule has 13 rings (SSSR count). The van der Waals surface area contributed by atoms with E-state index in [1.165, 1.54) is 91.5 Å². The van der Waals surface area contributed by atoms with Crippen LogP contribution in [0, 0.1) is 58.2 Å². The van der Waals surface area contributed by atoms with Gasteiger partial charge in [-0.1, -0.05) is 180 Å². The quantitative estimate of drug-likeness (QED) is 0.00758. The Morgan fingerprint density at radius 3 is 2.10 bits per heavy atom. The predicted molar refractivity (Wildman–Crippen MR) is 532 cm³/mol. The second-order valence-electron chi connectivity index (χ2n) is 42.0. The molecule has 12 amide bonds. The van der Waals surface area contributed by atoms with Crippen LogP contribution in [0.2, 0.25) is 0 Å². The van der Waals surface area contributed by atoms with Crippen LogP contribution in [0.5, 0.6) is 5.75 Å². The summed E-state index contributed by atoms with van der Waals surface area (Å²) in [7, 11) is 3.67. The van der Waals surface area contributed by atoms with Crippen LogP contribution in [-0.2, 0) is 82.1 Å². The largest absolute Gasteiger partial charge is 0.508 e. The number of benzene rings is 3. The molecule has 33 heteroatoms. The predicted octanol–water partition coefficient (Wildman–Crippen LogP) is 10.0. The summed E-state index contributed by atoms with van der Waals surface area (Å²) in [5.41, 5.74) is 2.87. The van der Waals surface area contributed by atoms with Crippen molar-refractivity contribution in [3.05, 3.63) is 156 Å². The molecule has 3 aromatic carbocycles. The molecule has 31 nitrogen and oxygen atoms in total. The average Bonchev–Trinajstić information content (AvgIpc) is 1.59. The molecule has 21 unspecified atom stereocenters. The summed E-state index contributed by atoms with van der Waals surface area (Å²) < 4.78 is 13.4. The SMILES string of the molecule is CC(C)CCCC(C)C1CCC2C3CC=C4CC(OC(=O)CNC(=O)C(NC(=O)C5CSSCC(NC(=O)C(Cc6ccc7ccccc7c6)NC(=O)C6CCCN6C(=O)C6CCCN6C(=O)c6ccc[n+](C)c6)C(=O)NC(Cc6ccc(O)cc6)C(=O)NC(CC6=CNC7C=CC=CC67)C(=O)NC(CCCCNC(=O)OC(C)(C)C)C(=O)NC(C(C)C)C(=O)N5)C(C)O)CCC4(C)C3CCC12C.[2HH].[2HH]. The van der Waals surface area contributed by atoms with Crippen molar-refractivity contribution in [3.8, 4) is 5.75 Å². The normalized spacial score (nSPS) is 28.4. The molecule has 3 saturated heterocycles. The van der Waals surface area contributed by atoms with Crippen LogP contribution in [0.25, 0.3) is 10.8 Å². The van der Waals surface area contributed by atoms with E-state index in [9.17, 15) is 34.2 Å². The number of alkyl carbamates (subject to hydrolysis) is 1. The first kappa shape index (κ1) is 105. The summed E-state index contributed by atoms with van der Waals surface area (Å²) in [6, 6.07) is 7.57. The summed E-state index contributed by atoms with van der Waals surface area (Å²) in [4.78, 5) is 198. The first-order valence-corrected chi connectivity index (χ1v) is 52.4. The number of hydrogen-bond acceptors (Lipinski definition) is 20. The number of likely N-dealkylation sites (tertiary alicyclic amines) is 2. The lowest BCUT2D eigenvalue weighted by Crippen LogP contribution is -2.62. The van der Waals surface area contributed by atoms with Gasteiger partial charge < -0.3 is 88.0 Å². The van der Waals surface area contributed by atoms with Crippen molar-refractivity contribution >= 4 is 109 Å². The number of aryl methyl sites for hydroxylation is 1. The van der Waals surface area contributed by atoms with Crippen molar-refractivity contribution in [1.29, 1.82) is 0 Å². The molecule has 3 saturated carbocycles. The van der Waals surface area contributed by atoms with Crippen molar-refractivity contribution in [3.63, 3.8) is 0 Å². The number of amides is 12. The highest BCUT2D eigenvalue weighted by Gasteiger charge is 2.60. The number of nitrogens with zero attached hydrogens (tertiary/aromatic N) is 3. The van der Waals surface area contributed by atoms with Gasteiger partial charge >= 0.3 is 12.1 Å². The number of allylic oxidation sites excluding steroid dienone is 3. The van der Waals surface area contributed by atoms with Crippen LogP contribution in [0.1, 0.15) is 222 Å². The van der Waals surface area contributed by atoms with Crippen molar-refractivity contribution in [2.75, 3.05) is 37.7 Å². The van der Waals surface area contributed by atoms with E-state index in [0.717, 1.165) is 51.1 Å². The maximum Gasteiger partial charge on any atom is 0.407 e. The Hall–Kier alpha value is -10.8. The highest BCUT2D eigenvalue weighted by molar-refractivity contribution is 8.76. The maximum absolute atomic E-state index is 15.9. The van der Waals surface area contributed by atoms with Crippen molar-refractivity contribution in [2.45, 2.75) is 295 Å². The number of hydrogen-bond donors (Lipinski definition) is 13. The molecular weight excluding hydrogens is 1790 g/mol. The Bertz CT molecular complexity index is 5230. The van der Waals surface area contributed by atoms with E-state index >= 15 is 38.4 Å². The molecule has 1 aromatic heterocycles. The highest BCUT2D eigenvalue weighted by atomic mass is 33.1. The fraction of sp³-hybridized carbons (Fsp3) is 0.600. The maximum atomic E-state index is 15.9. The van der Waals surface area contributed by atoms with Gasteiger partial charge in [0, 0.05) is 65.2 Å². The van der Waals surface area contributed by atoms with E-state index in [1.807, 2.05) is 60.7 Å². The zero-order valence-electron chi connectivity index (χ0n) is 82.0. The van der Waals surface area contributed by atoms with Gasteiger partial charge in [-0.15, -0.1) is 0 Å². The third-order valence-corrected chi connectivity index (χ3v) is 32.6. The van der Waals surface area contributed by atoms with Crippen LogP contribution < -0.4 is 63.1 Å². The van der Waals surface area contributed by atoms with Gasteiger partial charge in [-0.05, 0) is 228 Å². The summed E-state index contributed by atoms with van der Waals surface area (Å²) in [5, 5.41) is 55.2. The van der Waals surface area contributed by atoms with Gasteiger partial charge in [0.25, 0.3) is 5.91 Å².